The maximum Gasteiger partial charge on any atom is 0.407 e. The Labute approximate surface area is 519 Å². The zero-order chi connectivity index (χ0) is 65.9. The predicted octanol–water partition coefficient (Wildman–Crippen LogP) is 13.3. The molecule has 87 heavy (non-hydrogen) atoms. The van der Waals surface area contributed by atoms with Crippen LogP contribution in [0.3, 0.4) is 0 Å². The quantitative estimate of drug-likeness (QED) is 0.0244. The van der Waals surface area contributed by atoms with Crippen molar-refractivity contribution in [2.75, 3.05) is 6.54 Å². The van der Waals surface area contributed by atoms with Gasteiger partial charge >= 0.3 is 6.09 Å². The molecule has 0 saturated heterocycles. The lowest BCUT2D eigenvalue weighted by atomic mass is 9.81. The van der Waals surface area contributed by atoms with Crippen molar-refractivity contribution >= 4 is 50.6 Å². The molecule has 0 aliphatic heterocycles. The fourth-order valence-electron chi connectivity index (χ4n) is 8.53. The van der Waals surface area contributed by atoms with Crippen LogP contribution in [0.1, 0.15) is 234 Å². The number of benzene rings is 2. The molecular formula is C67H106FN7O11S. The number of aliphatic hydroxyl groups excluding tert-OH is 1. The van der Waals surface area contributed by atoms with Gasteiger partial charge in [-0.3, -0.25) is 38.1 Å². The van der Waals surface area contributed by atoms with Crippen LogP contribution in [0.25, 0.3) is 0 Å². The van der Waals surface area contributed by atoms with Crippen molar-refractivity contribution in [2.45, 2.75) is 255 Å². The molecule has 488 valence electrons. The predicted molar refractivity (Wildman–Crippen MR) is 339 cm³/mol. The third kappa shape index (κ3) is 37.3. The molecule has 20 heteroatoms. The van der Waals surface area contributed by atoms with Crippen molar-refractivity contribution < 1.29 is 56.2 Å². The highest BCUT2D eigenvalue weighted by Gasteiger charge is 2.31. The molecule has 1 amide bonds. The first-order valence-electron chi connectivity index (χ1n) is 31.3. The number of unbranched alkanes of at least 4 members (excludes halogenated alkanes) is 1. The number of aromatic nitrogens is 6. The van der Waals surface area contributed by atoms with Crippen molar-refractivity contribution in [2.24, 2.45) is 29.1 Å². The number of carbonyl (C=O) groups excluding carboxylic acids is 7. The third-order valence-electron chi connectivity index (χ3n) is 13.5. The summed E-state index contributed by atoms with van der Waals surface area (Å²) in [5.74, 6) is 1.96. The Balaban J connectivity index is 0.000000635. The maximum atomic E-state index is 13.1. The van der Waals surface area contributed by atoms with E-state index in [1.165, 1.54) is 12.1 Å². The van der Waals surface area contributed by atoms with E-state index in [-0.39, 0.29) is 52.4 Å². The zero-order valence-electron chi connectivity index (χ0n) is 55.2. The number of nitrogens with zero attached hydrogens (tertiary/aromatic N) is 6. The van der Waals surface area contributed by atoms with Gasteiger partial charge in [-0.2, -0.15) is 0 Å². The molecule has 0 saturated carbocycles. The number of sulfone groups is 1. The molecule has 2 aromatic heterocycles. The van der Waals surface area contributed by atoms with Gasteiger partial charge in [-0.15, -0.1) is 10.2 Å². The van der Waals surface area contributed by atoms with Crippen LogP contribution in [-0.4, -0.2) is 103 Å². The molecule has 0 aliphatic carbocycles. The lowest BCUT2D eigenvalue weighted by Crippen LogP contribution is -2.36. The summed E-state index contributed by atoms with van der Waals surface area (Å²) in [6.45, 7) is 31.4. The van der Waals surface area contributed by atoms with Crippen molar-refractivity contribution in [3.8, 4) is 0 Å². The Kier molecular flexibility index (Phi) is 37.3. The number of aryl methyl sites for hydroxylation is 4. The van der Waals surface area contributed by atoms with Crippen molar-refractivity contribution in [3.63, 3.8) is 0 Å². The Hall–Kier alpha value is -6.15. The average molecular weight is 1240 g/mol. The average Bonchev–Trinajstić information content (AvgIpc) is 4.20. The molecule has 0 radical (unpaired) electrons. The number of hydrogen-bond donors (Lipinski definition) is 2. The summed E-state index contributed by atoms with van der Waals surface area (Å²) < 4.78 is 46.6. The van der Waals surface area contributed by atoms with Gasteiger partial charge in [0.15, 0.2) is 21.4 Å². The molecule has 0 bridgehead atoms. The first-order chi connectivity index (χ1) is 40.6. The number of alkyl carbamates (subject to hydrolysis) is 1. The van der Waals surface area contributed by atoms with Crippen molar-refractivity contribution in [3.05, 3.63) is 89.3 Å². The van der Waals surface area contributed by atoms with Crippen molar-refractivity contribution in [1.29, 1.82) is 0 Å². The maximum absolute atomic E-state index is 13.1. The molecule has 2 heterocycles. The minimum Gasteiger partial charge on any atom is -0.444 e. The first kappa shape index (κ1) is 78.9. The highest BCUT2D eigenvalue weighted by molar-refractivity contribution is 7.90. The summed E-state index contributed by atoms with van der Waals surface area (Å²) in [4.78, 5) is 81.9. The van der Waals surface area contributed by atoms with Crippen LogP contribution < -0.4 is 5.32 Å². The van der Waals surface area contributed by atoms with E-state index < -0.39 is 38.9 Å². The number of ether oxygens (including phenoxy) is 1. The second-order valence-electron chi connectivity index (χ2n) is 25.9. The molecule has 4 rings (SSSR count). The van der Waals surface area contributed by atoms with Gasteiger partial charge in [0, 0.05) is 115 Å². The summed E-state index contributed by atoms with van der Waals surface area (Å²) in [7, 11) is -3.61. The number of rotatable bonds is 36. The number of carbonyl (C=O) groups is 7. The molecule has 1 atom stereocenters. The molecular weight excluding hydrogens is 1130 g/mol. The number of ketones is 6. The Morgan fingerprint density at radius 2 is 1.02 bits per heavy atom. The second-order valence-corrected chi connectivity index (χ2v) is 27.9. The zero-order valence-corrected chi connectivity index (χ0v) is 56.0. The Morgan fingerprint density at radius 1 is 0.598 bits per heavy atom. The molecule has 0 fully saturated rings. The molecule has 4 aromatic rings. The minimum atomic E-state index is -3.61. The third-order valence-corrected chi connectivity index (χ3v) is 15.2. The summed E-state index contributed by atoms with van der Waals surface area (Å²) >= 11 is 0. The van der Waals surface area contributed by atoms with Gasteiger partial charge in [-0.25, -0.2) is 17.6 Å². The van der Waals surface area contributed by atoms with Gasteiger partial charge in [0.1, 0.15) is 40.7 Å². The molecule has 0 spiro atoms. The van der Waals surface area contributed by atoms with E-state index in [2.05, 4.69) is 46.7 Å². The number of amides is 1. The Morgan fingerprint density at radius 3 is 1.44 bits per heavy atom. The van der Waals surface area contributed by atoms with Gasteiger partial charge in [0.2, 0.25) is 0 Å². The number of hydrogen-bond acceptors (Lipinski definition) is 15. The first-order valence-corrected chi connectivity index (χ1v) is 32.9. The number of aliphatic hydroxyl groups is 1. The smallest absolute Gasteiger partial charge is 0.407 e. The second kappa shape index (κ2) is 41.1. The lowest BCUT2D eigenvalue weighted by Gasteiger charge is -2.27. The molecule has 18 nitrogen and oxygen atoms in total. The van der Waals surface area contributed by atoms with E-state index in [1.807, 2.05) is 89.3 Å². The standard InChI is InChI=1S/C26H30FN3O4S.C19H33N3O3.C13H25NO3.C9H18O/c1-19(2)16-24(31)4-3-15-30-17-23(28-29-30)11-14-26(32)21-7-5-20(6-8-21)18-35(33,34)25-12-9-22(27)10-13-25;1-6-19(4,5)18(25)17(24)10-9-15-13-22(21-20-15)11-7-8-16(23)12-14(2)3;1-10(2)9-11(15)7-6-8-14-12(16)17-13(3,4)5;1-4-5-6-9(10)7-8(2)3/h5-10,12-13,17,19H,3-4,11,14-16,18H2,1-2H3;13-14,18,25H,6-12H2,1-5H3;10H,6-9H2,1-5H3,(H,14,16);8H,4-7H2,1-3H3/t;18-;;/m.0../s1. The highest BCUT2D eigenvalue weighted by Crippen LogP contribution is 2.26. The van der Waals surface area contributed by atoms with Crippen LogP contribution in [0.4, 0.5) is 9.18 Å². The summed E-state index contributed by atoms with van der Waals surface area (Å²) in [6, 6.07) is 11.2. The van der Waals surface area contributed by atoms with Gasteiger partial charge in [0.05, 0.1) is 22.0 Å². The van der Waals surface area contributed by atoms with Gasteiger partial charge in [-0.05, 0) is 112 Å². The van der Waals surface area contributed by atoms with Gasteiger partial charge in [0.25, 0.3) is 0 Å². The Bertz CT molecular complexity index is 2800. The largest absolute Gasteiger partial charge is 0.444 e. The SMILES string of the molecule is CC(C)CC(=O)CCCNC(=O)OC(C)(C)C.CC(C)CC(=O)CCCn1cc(CCC(=O)c2ccc(CS(=O)(=O)c3ccc(F)cc3)cc2)nn1.CCC(C)(C)[C@@H](O)C(=O)CCc1cn(CCCC(=O)CC(C)C)nn1.CCCCC(=O)CC(C)C. The number of halogens is 1. The minimum absolute atomic E-state index is 0.0502. The van der Waals surface area contributed by atoms with Crippen LogP contribution >= 0.6 is 0 Å². The molecule has 0 unspecified atom stereocenters. The van der Waals surface area contributed by atoms with E-state index in [1.54, 1.807) is 39.8 Å². The summed E-state index contributed by atoms with van der Waals surface area (Å²) in [5.41, 5.74) is 1.59. The monoisotopic (exact) mass is 1240 g/mol. The van der Waals surface area contributed by atoms with E-state index in [0.29, 0.717) is 130 Å². The van der Waals surface area contributed by atoms with Gasteiger partial charge in [-0.1, -0.05) is 124 Å². The normalized spacial score (nSPS) is 11.9. The fourth-order valence-corrected chi connectivity index (χ4v) is 9.88. The lowest BCUT2D eigenvalue weighted by molar-refractivity contribution is -0.133. The van der Waals surface area contributed by atoms with Crippen LogP contribution in [0, 0.1) is 34.9 Å². The highest BCUT2D eigenvalue weighted by atomic mass is 32.2. The molecule has 2 N–H and O–H groups in total. The fraction of sp³-hybridized carbons (Fsp3) is 0.657. The van der Waals surface area contributed by atoms with Crippen LogP contribution in [-0.2, 0) is 70.2 Å². The number of nitrogens with one attached hydrogen (secondary N) is 1. The summed E-state index contributed by atoms with van der Waals surface area (Å²) in [5, 5.41) is 29.1. The van der Waals surface area contributed by atoms with E-state index in [0.717, 1.165) is 56.4 Å². The van der Waals surface area contributed by atoms with E-state index >= 15 is 0 Å². The van der Waals surface area contributed by atoms with E-state index in [9.17, 15) is 51.5 Å². The molecule has 2 aromatic carbocycles. The summed E-state index contributed by atoms with van der Waals surface area (Å²) in [6.07, 6.45) is 13.7. The van der Waals surface area contributed by atoms with Crippen molar-refractivity contribution in [1.82, 2.24) is 35.3 Å². The topological polar surface area (TPSA) is 257 Å². The van der Waals surface area contributed by atoms with Crippen LogP contribution in [0.2, 0.25) is 0 Å². The molecule has 0 aliphatic rings. The van der Waals surface area contributed by atoms with Crippen LogP contribution in [0.15, 0.2) is 65.8 Å². The number of Topliss-reactive ketones (excluding diaryl/α,β-unsaturated/α-hetero) is 6. The van der Waals surface area contributed by atoms with Gasteiger partial charge < -0.3 is 15.2 Å². The van der Waals surface area contributed by atoms with E-state index in [4.69, 9.17) is 4.74 Å². The van der Waals surface area contributed by atoms with Crippen LogP contribution in [0.5, 0.6) is 0 Å².